The second-order valence-electron chi connectivity index (χ2n) is 6.18. The number of para-hydroxylation sites is 1. The highest BCUT2D eigenvalue weighted by Crippen LogP contribution is 2.43. The summed E-state index contributed by atoms with van der Waals surface area (Å²) >= 11 is 7.24. The lowest BCUT2D eigenvalue weighted by atomic mass is 10.1. The smallest absolute Gasteiger partial charge is 0.238 e. The van der Waals surface area contributed by atoms with Crippen molar-refractivity contribution >= 4 is 46.6 Å². The molecule has 1 aliphatic heterocycles. The maximum Gasteiger partial charge on any atom is 0.238 e. The molecule has 1 heterocycles. The highest BCUT2D eigenvalue weighted by molar-refractivity contribution is 8.00. The first-order chi connectivity index (χ1) is 12.6. The molecule has 26 heavy (non-hydrogen) atoms. The quantitative estimate of drug-likeness (QED) is 0.727. The number of amides is 2. The molecule has 4 nitrogen and oxygen atoms in total. The van der Waals surface area contributed by atoms with Crippen molar-refractivity contribution < 1.29 is 9.59 Å². The fourth-order valence-electron chi connectivity index (χ4n) is 2.99. The number of rotatable bonds is 6. The summed E-state index contributed by atoms with van der Waals surface area (Å²) in [7, 11) is 0. The molecule has 0 radical (unpaired) electrons. The van der Waals surface area contributed by atoms with Gasteiger partial charge in [0, 0.05) is 23.7 Å². The van der Waals surface area contributed by atoms with E-state index >= 15 is 0 Å². The first-order valence-electron chi connectivity index (χ1n) is 8.55. The average Bonchev–Trinajstić information content (AvgIpc) is 3.02. The fourth-order valence-corrected chi connectivity index (χ4v) is 4.28. The second-order valence-corrected chi connectivity index (χ2v) is 7.63. The summed E-state index contributed by atoms with van der Waals surface area (Å²) in [6, 6.07) is 15.6. The summed E-state index contributed by atoms with van der Waals surface area (Å²) in [5, 5.41) is 2.81. The number of benzene rings is 2. The number of alkyl halides is 1. The summed E-state index contributed by atoms with van der Waals surface area (Å²) < 4.78 is 0. The van der Waals surface area contributed by atoms with E-state index < -0.39 is 0 Å². The number of nitrogens with one attached hydrogen (secondary N) is 1. The van der Waals surface area contributed by atoms with Crippen LogP contribution in [0.25, 0.3) is 0 Å². The van der Waals surface area contributed by atoms with Crippen LogP contribution >= 0.6 is 23.4 Å². The molecule has 0 saturated carbocycles. The van der Waals surface area contributed by atoms with Crippen molar-refractivity contribution in [1.29, 1.82) is 0 Å². The van der Waals surface area contributed by atoms with Gasteiger partial charge in [0.1, 0.15) is 5.37 Å². The van der Waals surface area contributed by atoms with Gasteiger partial charge in [-0.1, -0.05) is 30.3 Å². The molecular weight excluding hydrogens is 368 g/mol. The lowest BCUT2D eigenvalue weighted by molar-refractivity contribution is -0.116. The van der Waals surface area contributed by atoms with Crippen LogP contribution in [0.1, 0.15) is 29.3 Å². The summed E-state index contributed by atoms with van der Waals surface area (Å²) in [6.07, 6.45) is 1.06. The Balaban J connectivity index is 1.84. The summed E-state index contributed by atoms with van der Waals surface area (Å²) in [6.45, 7) is 2.01. The van der Waals surface area contributed by atoms with Crippen LogP contribution in [0.5, 0.6) is 0 Å². The fraction of sp³-hybridized carbons (Fsp3) is 0.300. The number of halogens is 1. The molecular formula is C20H21ClN2O2S. The number of carbonyl (C=O) groups excluding carboxylic acids is 2. The first-order valence-corrected chi connectivity index (χ1v) is 10.1. The van der Waals surface area contributed by atoms with Gasteiger partial charge in [0.15, 0.2) is 0 Å². The third-order valence-corrected chi connectivity index (χ3v) is 5.72. The zero-order valence-corrected chi connectivity index (χ0v) is 16.1. The van der Waals surface area contributed by atoms with Crippen molar-refractivity contribution in [2.75, 3.05) is 21.8 Å². The Hall–Kier alpha value is -1.98. The van der Waals surface area contributed by atoms with E-state index in [4.69, 9.17) is 11.6 Å². The van der Waals surface area contributed by atoms with Crippen molar-refractivity contribution in [2.24, 2.45) is 0 Å². The highest BCUT2D eigenvalue weighted by Gasteiger charge is 2.34. The summed E-state index contributed by atoms with van der Waals surface area (Å²) in [5.74, 6) is 0.977. The van der Waals surface area contributed by atoms with Crippen molar-refractivity contribution in [1.82, 2.24) is 0 Å². The van der Waals surface area contributed by atoms with Crippen LogP contribution in [-0.2, 0) is 9.59 Å². The molecule has 3 rings (SSSR count). The predicted octanol–water partition coefficient (Wildman–Crippen LogP) is 4.73. The highest BCUT2D eigenvalue weighted by atomic mass is 35.5. The van der Waals surface area contributed by atoms with Crippen LogP contribution in [0.4, 0.5) is 11.4 Å². The number of carbonyl (C=O) groups is 2. The molecule has 0 aromatic heterocycles. The maximum absolute atomic E-state index is 12.5. The van der Waals surface area contributed by atoms with Crippen LogP contribution in [0.2, 0.25) is 0 Å². The van der Waals surface area contributed by atoms with Crippen LogP contribution < -0.4 is 10.2 Å². The van der Waals surface area contributed by atoms with E-state index in [1.165, 1.54) is 0 Å². The van der Waals surface area contributed by atoms with Crippen LogP contribution in [0.15, 0.2) is 48.5 Å². The Labute approximate surface area is 162 Å². The van der Waals surface area contributed by atoms with Gasteiger partial charge in [0.25, 0.3) is 0 Å². The van der Waals surface area contributed by atoms with Crippen LogP contribution in [0, 0.1) is 6.92 Å². The zero-order chi connectivity index (χ0) is 18.5. The van der Waals surface area contributed by atoms with Gasteiger partial charge in [0.2, 0.25) is 11.8 Å². The van der Waals surface area contributed by atoms with Crippen molar-refractivity contribution in [3.8, 4) is 0 Å². The predicted molar refractivity (Wildman–Crippen MR) is 109 cm³/mol. The van der Waals surface area contributed by atoms with E-state index in [2.05, 4.69) is 5.32 Å². The molecule has 2 aromatic carbocycles. The molecule has 136 valence electrons. The normalized spacial score (nSPS) is 16.8. The summed E-state index contributed by atoms with van der Waals surface area (Å²) in [5.41, 5.74) is 3.74. The maximum atomic E-state index is 12.5. The Kier molecular flexibility index (Phi) is 6.22. The van der Waals surface area contributed by atoms with Crippen LogP contribution in [0.3, 0.4) is 0 Å². The van der Waals surface area contributed by atoms with E-state index in [0.717, 1.165) is 22.5 Å². The van der Waals surface area contributed by atoms with Gasteiger partial charge in [-0.05, 0) is 42.7 Å². The molecule has 1 unspecified atom stereocenters. The second kappa shape index (κ2) is 8.60. The largest absolute Gasteiger partial charge is 0.326 e. The monoisotopic (exact) mass is 388 g/mol. The minimum atomic E-state index is -0.0942. The Morgan fingerprint density at radius 3 is 2.85 bits per heavy atom. The van der Waals surface area contributed by atoms with Crippen LogP contribution in [-0.4, -0.2) is 23.4 Å². The number of nitrogens with zero attached hydrogens (tertiary/aromatic N) is 1. The number of anilines is 2. The minimum Gasteiger partial charge on any atom is -0.326 e. The Morgan fingerprint density at radius 2 is 2.08 bits per heavy atom. The van der Waals surface area contributed by atoms with Gasteiger partial charge >= 0.3 is 0 Å². The third kappa shape index (κ3) is 4.22. The molecule has 2 aromatic rings. The van der Waals surface area contributed by atoms with Gasteiger partial charge < -0.3 is 5.32 Å². The standard InChI is InChI=1S/C20H21ClN2O2S/c1-14-6-2-3-9-17(14)23-19(25)13-26-20(23)15-7-4-8-16(12-15)22-18(24)10-5-11-21/h2-4,6-9,12,20H,5,10-11,13H2,1H3,(H,22,24). The van der Waals surface area contributed by atoms with E-state index in [9.17, 15) is 9.59 Å². The van der Waals surface area contributed by atoms with Gasteiger partial charge in [-0.2, -0.15) is 0 Å². The Bertz CT molecular complexity index is 812. The number of aryl methyl sites for hydroxylation is 1. The van der Waals surface area contributed by atoms with E-state index in [0.29, 0.717) is 24.5 Å². The van der Waals surface area contributed by atoms with Crippen molar-refractivity contribution in [3.05, 3.63) is 59.7 Å². The van der Waals surface area contributed by atoms with E-state index in [1.807, 2.05) is 60.4 Å². The zero-order valence-electron chi connectivity index (χ0n) is 14.6. The minimum absolute atomic E-state index is 0.0475. The molecule has 0 bridgehead atoms. The molecule has 0 aliphatic carbocycles. The number of hydrogen-bond donors (Lipinski definition) is 1. The van der Waals surface area contributed by atoms with Crippen molar-refractivity contribution in [3.63, 3.8) is 0 Å². The van der Waals surface area contributed by atoms with Gasteiger partial charge in [0.05, 0.1) is 5.75 Å². The third-order valence-electron chi connectivity index (χ3n) is 4.24. The first kappa shape index (κ1) is 18.8. The molecule has 1 atom stereocenters. The van der Waals surface area contributed by atoms with E-state index in [1.54, 1.807) is 11.8 Å². The average molecular weight is 389 g/mol. The Morgan fingerprint density at radius 1 is 1.27 bits per heavy atom. The number of hydrogen-bond acceptors (Lipinski definition) is 3. The molecule has 0 spiro atoms. The topological polar surface area (TPSA) is 49.4 Å². The lowest BCUT2D eigenvalue weighted by Gasteiger charge is -2.26. The van der Waals surface area contributed by atoms with Gasteiger partial charge in [-0.15, -0.1) is 23.4 Å². The molecule has 1 aliphatic rings. The SMILES string of the molecule is Cc1ccccc1N1C(=O)CSC1c1cccc(NC(=O)CCCCl)c1. The van der Waals surface area contributed by atoms with E-state index in [-0.39, 0.29) is 17.2 Å². The van der Waals surface area contributed by atoms with Gasteiger partial charge in [-0.3, -0.25) is 14.5 Å². The number of thioether (sulfide) groups is 1. The van der Waals surface area contributed by atoms with Gasteiger partial charge in [-0.25, -0.2) is 0 Å². The summed E-state index contributed by atoms with van der Waals surface area (Å²) in [4.78, 5) is 26.3. The molecule has 2 amide bonds. The molecule has 6 heteroatoms. The lowest BCUT2D eigenvalue weighted by Crippen LogP contribution is -2.28. The molecule has 1 N–H and O–H groups in total. The molecule has 1 fully saturated rings. The molecule has 1 saturated heterocycles. The van der Waals surface area contributed by atoms with Crippen molar-refractivity contribution in [2.45, 2.75) is 25.1 Å².